The van der Waals surface area contributed by atoms with E-state index < -0.39 is 6.10 Å². The van der Waals surface area contributed by atoms with Crippen LogP contribution < -0.4 is 5.73 Å². The lowest BCUT2D eigenvalue weighted by Gasteiger charge is -2.10. The van der Waals surface area contributed by atoms with E-state index >= 15 is 0 Å². The molecule has 1 atom stereocenters. The van der Waals surface area contributed by atoms with Gasteiger partial charge in [0, 0.05) is 17.0 Å². The Kier molecular flexibility index (Phi) is 2.09. The summed E-state index contributed by atoms with van der Waals surface area (Å²) in [4.78, 5) is 4.01. The third kappa shape index (κ3) is 1.32. The molecule has 0 spiro atoms. The van der Waals surface area contributed by atoms with Crippen molar-refractivity contribution >= 4 is 16.5 Å². The monoisotopic (exact) mass is 188 g/mol. The van der Waals surface area contributed by atoms with Crippen molar-refractivity contribution in [3.05, 3.63) is 36.2 Å². The SMILES string of the molecule is CC(O)c1cccc2cncc(N)c12. The van der Waals surface area contributed by atoms with Crippen LogP contribution in [0.4, 0.5) is 5.69 Å². The lowest BCUT2D eigenvalue weighted by Crippen LogP contribution is -1.96. The molecular weight excluding hydrogens is 176 g/mol. The maximum atomic E-state index is 9.57. The van der Waals surface area contributed by atoms with Crippen molar-refractivity contribution in [3.8, 4) is 0 Å². The minimum absolute atomic E-state index is 0.511. The number of nitrogens with two attached hydrogens (primary N) is 1. The average molecular weight is 188 g/mol. The average Bonchev–Trinajstić information content (AvgIpc) is 2.17. The largest absolute Gasteiger partial charge is 0.397 e. The lowest BCUT2D eigenvalue weighted by atomic mass is 10.0. The van der Waals surface area contributed by atoms with Crippen LogP contribution in [0, 0.1) is 0 Å². The molecular formula is C11H12N2O. The van der Waals surface area contributed by atoms with Crippen molar-refractivity contribution in [2.45, 2.75) is 13.0 Å². The van der Waals surface area contributed by atoms with E-state index in [1.165, 1.54) is 0 Å². The Morgan fingerprint density at radius 3 is 2.86 bits per heavy atom. The molecule has 14 heavy (non-hydrogen) atoms. The van der Waals surface area contributed by atoms with Crippen LogP contribution in [0.2, 0.25) is 0 Å². The fourth-order valence-corrected chi connectivity index (χ4v) is 1.64. The van der Waals surface area contributed by atoms with Crippen molar-refractivity contribution < 1.29 is 5.11 Å². The number of anilines is 1. The molecule has 1 unspecified atom stereocenters. The van der Waals surface area contributed by atoms with Crippen LogP contribution in [0.15, 0.2) is 30.6 Å². The van der Waals surface area contributed by atoms with E-state index in [0.717, 1.165) is 16.3 Å². The molecule has 72 valence electrons. The first kappa shape index (κ1) is 8.97. The number of hydrogen-bond donors (Lipinski definition) is 2. The molecule has 3 heteroatoms. The van der Waals surface area contributed by atoms with Crippen LogP contribution >= 0.6 is 0 Å². The van der Waals surface area contributed by atoms with Gasteiger partial charge < -0.3 is 10.8 Å². The Morgan fingerprint density at radius 2 is 2.14 bits per heavy atom. The fourth-order valence-electron chi connectivity index (χ4n) is 1.64. The van der Waals surface area contributed by atoms with Crippen molar-refractivity contribution in [2.24, 2.45) is 0 Å². The summed E-state index contributed by atoms with van der Waals surface area (Å²) in [5.74, 6) is 0. The number of aromatic nitrogens is 1. The Labute approximate surface area is 82.2 Å². The van der Waals surface area contributed by atoms with E-state index in [9.17, 15) is 5.11 Å². The second-order valence-electron chi connectivity index (χ2n) is 3.35. The topological polar surface area (TPSA) is 59.1 Å². The first-order valence-corrected chi connectivity index (χ1v) is 4.50. The van der Waals surface area contributed by atoms with Crippen LogP contribution in [0.25, 0.3) is 10.8 Å². The number of aliphatic hydroxyl groups is 1. The molecule has 2 rings (SSSR count). The van der Waals surface area contributed by atoms with Gasteiger partial charge in [0.1, 0.15) is 0 Å². The number of aliphatic hydroxyl groups excluding tert-OH is 1. The third-order valence-corrected chi connectivity index (χ3v) is 2.29. The van der Waals surface area contributed by atoms with Gasteiger partial charge >= 0.3 is 0 Å². The maximum Gasteiger partial charge on any atom is 0.0768 e. The number of rotatable bonds is 1. The van der Waals surface area contributed by atoms with Gasteiger partial charge in [-0.15, -0.1) is 0 Å². The predicted molar refractivity (Wildman–Crippen MR) is 56.8 cm³/mol. The molecule has 0 radical (unpaired) electrons. The molecule has 0 saturated carbocycles. The molecule has 0 bridgehead atoms. The highest BCUT2D eigenvalue weighted by Gasteiger charge is 2.08. The number of nitrogens with zero attached hydrogens (tertiary/aromatic N) is 1. The molecule has 3 nitrogen and oxygen atoms in total. The molecule has 0 aliphatic heterocycles. The summed E-state index contributed by atoms with van der Waals surface area (Å²) in [6, 6.07) is 5.71. The molecule has 1 aromatic heterocycles. The molecule has 1 heterocycles. The smallest absolute Gasteiger partial charge is 0.0768 e. The second kappa shape index (κ2) is 3.27. The lowest BCUT2D eigenvalue weighted by molar-refractivity contribution is 0.201. The number of pyridine rings is 1. The first-order chi connectivity index (χ1) is 6.70. The van der Waals surface area contributed by atoms with E-state index in [1.54, 1.807) is 19.3 Å². The van der Waals surface area contributed by atoms with E-state index in [1.807, 2.05) is 18.2 Å². The van der Waals surface area contributed by atoms with E-state index in [2.05, 4.69) is 4.98 Å². The second-order valence-corrected chi connectivity index (χ2v) is 3.35. The Morgan fingerprint density at radius 1 is 1.36 bits per heavy atom. The summed E-state index contributed by atoms with van der Waals surface area (Å²) in [6.45, 7) is 1.73. The molecule has 2 aromatic rings. The number of nitrogen functional groups attached to an aromatic ring is 1. The van der Waals surface area contributed by atoms with Gasteiger partial charge in [0.15, 0.2) is 0 Å². The highest BCUT2D eigenvalue weighted by molar-refractivity contribution is 5.94. The minimum Gasteiger partial charge on any atom is -0.397 e. The molecule has 0 aliphatic rings. The summed E-state index contributed by atoms with van der Waals surface area (Å²) in [7, 11) is 0. The van der Waals surface area contributed by atoms with Crippen molar-refractivity contribution in [1.82, 2.24) is 4.98 Å². The minimum atomic E-state index is -0.511. The van der Waals surface area contributed by atoms with Gasteiger partial charge in [0.2, 0.25) is 0 Å². The van der Waals surface area contributed by atoms with Crippen LogP contribution in [-0.4, -0.2) is 10.1 Å². The van der Waals surface area contributed by atoms with E-state index in [-0.39, 0.29) is 0 Å². The highest BCUT2D eigenvalue weighted by atomic mass is 16.3. The number of benzene rings is 1. The van der Waals surface area contributed by atoms with Gasteiger partial charge in [-0.3, -0.25) is 4.98 Å². The quantitative estimate of drug-likeness (QED) is 0.718. The highest BCUT2D eigenvalue weighted by Crippen LogP contribution is 2.27. The van der Waals surface area contributed by atoms with Crippen LogP contribution in [0.1, 0.15) is 18.6 Å². The van der Waals surface area contributed by atoms with Gasteiger partial charge in [-0.2, -0.15) is 0 Å². The Hall–Kier alpha value is -1.61. The summed E-state index contributed by atoms with van der Waals surface area (Å²) in [6.07, 6.45) is 2.84. The summed E-state index contributed by atoms with van der Waals surface area (Å²) >= 11 is 0. The van der Waals surface area contributed by atoms with E-state index in [0.29, 0.717) is 5.69 Å². The van der Waals surface area contributed by atoms with Gasteiger partial charge in [-0.1, -0.05) is 18.2 Å². The van der Waals surface area contributed by atoms with Gasteiger partial charge in [-0.25, -0.2) is 0 Å². The summed E-state index contributed by atoms with van der Waals surface area (Å²) < 4.78 is 0. The van der Waals surface area contributed by atoms with Crippen molar-refractivity contribution in [1.29, 1.82) is 0 Å². The number of fused-ring (bicyclic) bond motifs is 1. The summed E-state index contributed by atoms with van der Waals surface area (Å²) in [5.41, 5.74) is 7.28. The molecule has 3 N–H and O–H groups in total. The maximum absolute atomic E-state index is 9.57. The standard InChI is InChI=1S/C11H12N2O/c1-7(14)9-4-2-3-8-5-13-6-10(12)11(8)9/h2-7,14H,12H2,1H3. The van der Waals surface area contributed by atoms with Crippen LogP contribution in [-0.2, 0) is 0 Å². The van der Waals surface area contributed by atoms with Crippen LogP contribution in [0.5, 0.6) is 0 Å². The van der Waals surface area contributed by atoms with E-state index in [4.69, 9.17) is 5.73 Å². The zero-order valence-electron chi connectivity index (χ0n) is 7.94. The number of hydrogen-bond acceptors (Lipinski definition) is 3. The van der Waals surface area contributed by atoms with Crippen LogP contribution in [0.3, 0.4) is 0 Å². The zero-order valence-corrected chi connectivity index (χ0v) is 7.94. The molecule has 0 fully saturated rings. The summed E-state index contributed by atoms with van der Waals surface area (Å²) in [5, 5.41) is 11.4. The Bertz CT molecular complexity index is 461. The molecule has 1 aromatic carbocycles. The van der Waals surface area contributed by atoms with Crippen molar-refractivity contribution in [2.75, 3.05) is 5.73 Å². The predicted octanol–water partition coefficient (Wildman–Crippen LogP) is 1.87. The molecule has 0 amide bonds. The molecule has 0 aliphatic carbocycles. The normalized spacial score (nSPS) is 13.0. The van der Waals surface area contributed by atoms with Crippen molar-refractivity contribution in [3.63, 3.8) is 0 Å². The molecule has 0 saturated heterocycles. The zero-order chi connectivity index (χ0) is 10.1. The van der Waals surface area contributed by atoms with Gasteiger partial charge in [0.25, 0.3) is 0 Å². The first-order valence-electron chi connectivity index (χ1n) is 4.50. The Balaban J connectivity index is 2.84. The fraction of sp³-hybridized carbons (Fsp3) is 0.182. The van der Waals surface area contributed by atoms with Gasteiger partial charge in [-0.05, 0) is 12.5 Å². The van der Waals surface area contributed by atoms with Gasteiger partial charge in [0.05, 0.1) is 18.0 Å². The third-order valence-electron chi connectivity index (χ3n) is 2.29.